The van der Waals surface area contributed by atoms with Crippen molar-refractivity contribution in [2.45, 2.75) is 0 Å². The van der Waals surface area contributed by atoms with Crippen LogP contribution in [0, 0.1) is 0 Å². The lowest BCUT2D eigenvalue weighted by molar-refractivity contribution is 0.0677. The quantitative estimate of drug-likeness (QED) is 0.0358. The summed E-state index contributed by atoms with van der Waals surface area (Å²) in [4.78, 5) is 85.3. The molecule has 0 atom stereocenters. The third kappa shape index (κ3) is 9.55. The van der Waals surface area contributed by atoms with Gasteiger partial charge in [0.15, 0.2) is 0 Å². The van der Waals surface area contributed by atoms with E-state index in [1.165, 1.54) is 24.3 Å². The molecule has 8 aromatic rings. The van der Waals surface area contributed by atoms with Gasteiger partial charge < -0.3 is 51.3 Å². The number of hydrogen-bond donors (Lipinski definition) is 10. The lowest BCUT2D eigenvalue weighted by Crippen LogP contribution is -2.11. The summed E-state index contributed by atoms with van der Waals surface area (Å²) in [7, 11) is 0. The number of amidine groups is 1. The Balaban J connectivity index is 1.10. The molecule has 19 heteroatoms. The number of nitrogens with one attached hydrogen (secondary N) is 1. The Hall–Kier alpha value is -10.7. The van der Waals surface area contributed by atoms with Crippen LogP contribution in [-0.4, -0.2) is 99.6 Å². The third-order valence-corrected chi connectivity index (χ3v) is 11.2. The number of anilines is 1. The molecule has 19 nitrogen and oxygen atoms in total. The predicted molar refractivity (Wildman–Crippen MR) is 264 cm³/mol. The van der Waals surface area contributed by atoms with E-state index in [1.54, 1.807) is 84.9 Å². The number of nitrogens with zero attached hydrogens (tertiary/aromatic N) is 3. The van der Waals surface area contributed by atoms with Gasteiger partial charge in [0.2, 0.25) is 11.8 Å². The fourth-order valence-corrected chi connectivity index (χ4v) is 8.01. The first-order valence-corrected chi connectivity index (χ1v) is 21.0. The summed E-state index contributed by atoms with van der Waals surface area (Å²) < 4.78 is 0. The smallest absolute Gasteiger partial charge is 0.336 e. The van der Waals surface area contributed by atoms with Gasteiger partial charge in [-0.05, 0) is 96.1 Å². The topological polar surface area (TPSA) is 334 Å². The van der Waals surface area contributed by atoms with Gasteiger partial charge in [-0.15, -0.1) is 0 Å². The second-order valence-corrected chi connectivity index (χ2v) is 15.6. The average molecular weight is 967 g/mol. The van der Waals surface area contributed by atoms with Crippen LogP contribution in [0.25, 0.3) is 43.8 Å². The Bertz CT molecular complexity index is 3750. The Morgan fingerprint density at radius 3 is 1.24 bits per heavy atom. The molecule has 0 saturated carbocycles. The van der Waals surface area contributed by atoms with Crippen LogP contribution in [0.4, 0.5) is 22.7 Å². The van der Waals surface area contributed by atoms with Gasteiger partial charge in [-0.2, -0.15) is 4.99 Å². The molecule has 0 aliphatic rings. The largest absolute Gasteiger partial charge is 0.493 e. The van der Waals surface area contributed by atoms with Gasteiger partial charge in [-0.25, -0.2) is 38.8 Å². The maximum Gasteiger partial charge on any atom is 0.336 e. The Kier molecular flexibility index (Phi) is 12.9. The fraction of sp³-hybridized carbons (Fsp3) is 0. The predicted octanol–water partition coefficient (Wildman–Crippen LogP) is 10.4. The van der Waals surface area contributed by atoms with Gasteiger partial charge in [-0.3, -0.25) is 0 Å². The van der Waals surface area contributed by atoms with Crippen molar-refractivity contribution < 1.29 is 74.7 Å². The van der Waals surface area contributed by atoms with Crippen LogP contribution in [0.1, 0.15) is 73.3 Å². The second kappa shape index (κ2) is 19.5. The van der Waals surface area contributed by atoms with Crippen molar-refractivity contribution in [2.75, 3.05) is 5.32 Å². The van der Waals surface area contributed by atoms with E-state index < -0.39 is 75.9 Å². The first-order chi connectivity index (χ1) is 34.4. The number of carboxylic acid groups (broad SMARTS) is 6. The summed E-state index contributed by atoms with van der Waals surface area (Å²) in [6.45, 7) is 0. The maximum absolute atomic E-state index is 12.3. The van der Waals surface area contributed by atoms with E-state index >= 15 is 0 Å². The Labute approximate surface area is 404 Å². The molecule has 8 rings (SSSR count). The summed E-state index contributed by atoms with van der Waals surface area (Å²) >= 11 is 0. The van der Waals surface area contributed by atoms with Gasteiger partial charge in [0, 0.05) is 43.8 Å². The summed E-state index contributed by atoms with van der Waals surface area (Å²) in [6.07, 6.45) is 0. The van der Waals surface area contributed by atoms with E-state index in [0.29, 0.717) is 27.9 Å². The first-order valence-electron chi connectivity index (χ1n) is 21.0. The summed E-state index contributed by atoms with van der Waals surface area (Å²) in [5.74, 6) is -10.2. The van der Waals surface area contributed by atoms with Crippen molar-refractivity contribution >= 4 is 97.9 Å². The highest BCUT2D eigenvalue weighted by atomic mass is 16.4. The number of aromatic carboxylic acids is 6. The minimum absolute atomic E-state index is 0.138. The molecule has 0 spiro atoms. The zero-order valence-corrected chi connectivity index (χ0v) is 36.7. The zero-order valence-electron chi connectivity index (χ0n) is 36.7. The van der Waals surface area contributed by atoms with Crippen molar-refractivity contribution in [3.63, 3.8) is 0 Å². The molecule has 72 heavy (non-hydrogen) atoms. The molecule has 0 amide bonds. The van der Waals surface area contributed by atoms with Gasteiger partial charge in [0.1, 0.15) is 0 Å². The number of carbonyl (C=O) groups is 6. The standard InChI is InChI=1S/C53H34N4O15/c58-45(54-41-17-15-33(49(64)65)35-21-29(47(60)61)23-37(43(35)41)51(68)69)27-9-5-7-25(19-27)31-11-1-3-13-39(31)56-53(72)57-40-14-4-2-12-32(40)26-8-6-10-28(20-26)46(59)55-42-18-16-34(50(66)67)36-22-30(48(62)63)24-38(44(36)42)52(70)71/h1-24H,(H,54,58)(H,55,59)(H,60,61)(H,62,63)(H,64,65)(H,66,67)(H,68,69)(H,70,71)(H2,56,57,72). The number of aliphatic hydroxyl groups excluding tert-OH is 3. The molecule has 0 aliphatic heterocycles. The van der Waals surface area contributed by atoms with Crippen LogP contribution in [-0.2, 0) is 0 Å². The molecule has 0 aromatic heterocycles. The summed E-state index contributed by atoms with van der Waals surface area (Å²) in [5, 5.41) is 94.8. The lowest BCUT2D eigenvalue weighted by Gasteiger charge is -2.13. The normalized spacial score (nSPS) is 11.9. The minimum Gasteiger partial charge on any atom is -0.493 e. The van der Waals surface area contributed by atoms with Crippen molar-refractivity contribution in [3.05, 3.63) is 190 Å². The van der Waals surface area contributed by atoms with Crippen LogP contribution in [0.3, 0.4) is 0 Å². The van der Waals surface area contributed by atoms with Crippen LogP contribution in [0.5, 0.6) is 0 Å². The molecule has 0 fully saturated rings. The molecule has 0 heterocycles. The van der Waals surface area contributed by atoms with Crippen molar-refractivity contribution in [2.24, 2.45) is 15.0 Å². The SMILES string of the molecule is O=C(O)c1cc(C(=O)O)c2c(N=C(O)c3cccc(-c4ccccc4N=C(O)Nc4ccccc4-c4cccc(C(O)=Nc5ccc(C(=O)O)c6cc(C(=O)O)cc(C(=O)O)c56)c4)c3)ccc(C(=O)O)c2c1. The van der Waals surface area contributed by atoms with E-state index in [4.69, 9.17) is 0 Å². The monoisotopic (exact) mass is 966 g/mol. The number of para-hydroxylation sites is 2. The number of aliphatic imine (C=N–C) groups is 3. The van der Waals surface area contributed by atoms with Crippen molar-refractivity contribution in [3.8, 4) is 22.3 Å². The molecule has 0 saturated heterocycles. The average Bonchev–Trinajstić information content (AvgIpc) is 3.35. The highest BCUT2D eigenvalue weighted by molar-refractivity contribution is 6.18. The number of fused-ring (bicyclic) bond motifs is 2. The van der Waals surface area contributed by atoms with E-state index in [2.05, 4.69) is 20.3 Å². The van der Waals surface area contributed by atoms with Crippen LogP contribution in [0.2, 0.25) is 0 Å². The Morgan fingerprint density at radius 2 is 0.778 bits per heavy atom. The Morgan fingerprint density at radius 1 is 0.347 bits per heavy atom. The van der Waals surface area contributed by atoms with Gasteiger partial charge in [-0.1, -0.05) is 60.7 Å². The first kappa shape index (κ1) is 47.8. The third-order valence-electron chi connectivity index (χ3n) is 11.2. The molecule has 0 aliphatic carbocycles. The molecule has 8 aromatic carbocycles. The number of rotatable bonds is 14. The number of carboxylic acids is 6. The van der Waals surface area contributed by atoms with E-state index in [1.807, 2.05) is 0 Å². The fourth-order valence-electron chi connectivity index (χ4n) is 8.01. The van der Waals surface area contributed by atoms with Crippen molar-refractivity contribution in [1.82, 2.24) is 0 Å². The van der Waals surface area contributed by atoms with Gasteiger partial charge in [0.05, 0.1) is 56.1 Å². The van der Waals surface area contributed by atoms with E-state index in [9.17, 15) is 74.7 Å². The highest BCUT2D eigenvalue weighted by Crippen LogP contribution is 2.37. The molecule has 356 valence electrons. The summed E-state index contributed by atoms with van der Waals surface area (Å²) in [6, 6.07) is 34.0. The zero-order chi connectivity index (χ0) is 51.5. The number of aliphatic hydroxyl groups is 3. The van der Waals surface area contributed by atoms with Crippen LogP contribution < -0.4 is 5.32 Å². The number of benzene rings is 8. The molecule has 0 unspecified atom stereocenters. The van der Waals surface area contributed by atoms with Crippen molar-refractivity contribution in [1.29, 1.82) is 0 Å². The second-order valence-electron chi connectivity index (χ2n) is 15.6. The molecule has 0 bridgehead atoms. The van der Waals surface area contributed by atoms with Crippen LogP contribution in [0.15, 0.2) is 161 Å². The molecule has 0 radical (unpaired) electrons. The van der Waals surface area contributed by atoms with Gasteiger partial charge >= 0.3 is 35.8 Å². The summed E-state index contributed by atoms with van der Waals surface area (Å²) in [5.41, 5.74) is -0.222. The molecule has 10 N–H and O–H groups in total. The minimum atomic E-state index is -1.56. The van der Waals surface area contributed by atoms with Crippen LogP contribution >= 0.6 is 0 Å². The molecular formula is C53H34N4O15. The molecular weight excluding hydrogens is 933 g/mol. The van der Waals surface area contributed by atoms with E-state index in [-0.39, 0.29) is 60.9 Å². The maximum atomic E-state index is 12.3. The lowest BCUT2D eigenvalue weighted by atomic mass is 9.95. The van der Waals surface area contributed by atoms with E-state index in [0.717, 1.165) is 36.4 Å². The highest BCUT2D eigenvalue weighted by Gasteiger charge is 2.24. The van der Waals surface area contributed by atoms with Gasteiger partial charge in [0.25, 0.3) is 6.02 Å². The number of hydrogen-bond acceptors (Lipinski definition) is 9.